The number of fused-ring (bicyclic) bond motifs is 1. The molecule has 1 aromatic heterocycles. The Labute approximate surface area is 122 Å². The summed E-state index contributed by atoms with van der Waals surface area (Å²) < 4.78 is 14.3. The highest BCUT2D eigenvalue weighted by atomic mass is 16.6. The minimum atomic E-state index is -0.282. The lowest BCUT2D eigenvalue weighted by Crippen LogP contribution is -2.58. The number of nitrogens with zero attached hydrogens (tertiary/aromatic N) is 2. The summed E-state index contributed by atoms with van der Waals surface area (Å²) in [5.74, 6) is 0. The molecule has 0 radical (unpaired) electrons. The molecule has 0 aliphatic carbocycles. The predicted octanol–water partition coefficient (Wildman–Crippen LogP) is 2.01. The second-order valence-corrected chi connectivity index (χ2v) is 8.20. The maximum Gasteiger partial charge on any atom is 0.497 e. The van der Waals surface area contributed by atoms with Gasteiger partial charge in [-0.3, -0.25) is 4.68 Å². The van der Waals surface area contributed by atoms with Gasteiger partial charge in [0.2, 0.25) is 0 Å². The third kappa shape index (κ3) is 2.11. The van der Waals surface area contributed by atoms with E-state index >= 15 is 0 Å². The molecule has 2 aliphatic heterocycles. The molecular formula is C15H25BN2O2. The Morgan fingerprint density at radius 2 is 1.90 bits per heavy atom. The molecule has 4 nitrogen and oxygen atoms in total. The average Bonchev–Trinajstić information content (AvgIpc) is 2.77. The van der Waals surface area contributed by atoms with E-state index in [1.54, 1.807) is 0 Å². The minimum Gasteiger partial charge on any atom is -0.407 e. The average molecular weight is 276 g/mol. The van der Waals surface area contributed by atoms with Gasteiger partial charge in [0.1, 0.15) is 0 Å². The van der Waals surface area contributed by atoms with E-state index in [4.69, 9.17) is 9.31 Å². The number of hydrogen-bond donors (Lipinski definition) is 0. The van der Waals surface area contributed by atoms with Crippen LogP contribution in [0.1, 0.15) is 47.2 Å². The molecule has 0 bridgehead atoms. The third-order valence-corrected chi connectivity index (χ3v) is 5.09. The summed E-state index contributed by atoms with van der Waals surface area (Å²) in [6.07, 6.45) is 2.96. The first kappa shape index (κ1) is 14.1. The van der Waals surface area contributed by atoms with Gasteiger partial charge >= 0.3 is 7.12 Å². The number of aromatic nitrogens is 2. The fourth-order valence-corrected chi connectivity index (χ4v) is 2.94. The normalized spacial score (nSPS) is 26.6. The predicted molar refractivity (Wildman–Crippen MR) is 80.0 cm³/mol. The highest BCUT2D eigenvalue weighted by Crippen LogP contribution is 2.38. The number of rotatable bonds is 1. The van der Waals surface area contributed by atoms with Gasteiger partial charge in [-0.2, -0.15) is 5.10 Å². The molecule has 0 saturated carbocycles. The van der Waals surface area contributed by atoms with Crippen LogP contribution < -0.4 is 5.46 Å². The van der Waals surface area contributed by atoms with E-state index in [9.17, 15) is 0 Å². The van der Waals surface area contributed by atoms with Crippen molar-refractivity contribution in [3.63, 3.8) is 0 Å². The topological polar surface area (TPSA) is 36.3 Å². The van der Waals surface area contributed by atoms with Crippen LogP contribution in [0.5, 0.6) is 0 Å². The van der Waals surface area contributed by atoms with E-state index in [-0.39, 0.29) is 23.5 Å². The van der Waals surface area contributed by atoms with Crippen molar-refractivity contribution in [2.75, 3.05) is 6.61 Å². The molecule has 3 rings (SSSR count). The fraction of sp³-hybridized carbons (Fsp3) is 0.800. The summed E-state index contributed by atoms with van der Waals surface area (Å²) in [4.78, 5) is 0. The van der Waals surface area contributed by atoms with E-state index in [0.717, 1.165) is 18.4 Å². The quantitative estimate of drug-likeness (QED) is 0.736. The molecule has 110 valence electrons. The summed E-state index contributed by atoms with van der Waals surface area (Å²) in [6, 6.07) is 0. The van der Waals surface area contributed by atoms with Crippen LogP contribution >= 0.6 is 0 Å². The lowest BCUT2D eigenvalue weighted by atomic mass is 9.68. The van der Waals surface area contributed by atoms with Crippen molar-refractivity contribution < 1.29 is 9.31 Å². The Morgan fingerprint density at radius 1 is 1.20 bits per heavy atom. The van der Waals surface area contributed by atoms with Crippen molar-refractivity contribution in [1.29, 1.82) is 0 Å². The molecule has 5 heteroatoms. The summed E-state index contributed by atoms with van der Waals surface area (Å²) >= 11 is 0. The Bertz CT molecular complexity index is 534. The van der Waals surface area contributed by atoms with Crippen LogP contribution in [-0.2, 0) is 22.3 Å². The molecule has 2 aliphatic rings. The molecule has 0 atom stereocenters. The van der Waals surface area contributed by atoms with Gasteiger partial charge in [0.15, 0.2) is 0 Å². The summed E-state index contributed by atoms with van der Waals surface area (Å²) in [5, 5.41) is 4.51. The maximum atomic E-state index is 6.25. The van der Waals surface area contributed by atoms with Gasteiger partial charge in [-0.1, -0.05) is 27.7 Å². The zero-order chi connectivity index (χ0) is 14.8. The Morgan fingerprint density at radius 3 is 2.55 bits per heavy atom. The molecule has 1 fully saturated rings. The Hall–Kier alpha value is -0.805. The van der Waals surface area contributed by atoms with Crippen molar-refractivity contribution in [1.82, 2.24) is 9.78 Å². The van der Waals surface area contributed by atoms with Crippen LogP contribution in [-0.4, -0.2) is 29.1 Å². The standard InChI is InChI=1S/C15H25BN2O2/c1-13(2)7-12-11(8-17-18(12)9-13)16-19-10-14(3,4)15(5,6)20-16/h8H,7,9-10H2,1-6H3. The van der Waals surface area contributed by atoms with Gasteiger partial charge < -0.3 is 9.31 Å². The molecule has 20 heavy (non-hydrogen) atoms. The molecule has 0 N–H and O–H groups in total. The van der Waals surface area contributed by atoms with E-state index in [1.165, 1.54) is 5.69 Å². The van der Waals surface area contributed by atoms with E-state index < -0.39 is 0 Å². The smallest absolute Gasteiger partial charge is 0.407 e. The van der Waals surface area contributed by atoms with Crippen LogP contribution in [0, 0.1) is 10.8 Å². The van der Waals surface area contributed by atoms with Crippen molar-refractivity contribution in [3.05, 3.63) is 11.9 Å². The SMILES string of the molecule is CC1(C)Cc2c(B3OCC(C)(C)C(C)(C)O3)cnn2C1. The second-order valence-electron chi connectivity index (χ2n) is 8.20. The molecule has 3 heterocycles. The van der Waals surface area contributed by atoms with Gasteiger partial charge in [-0.05, 0) is 25.7 Å². The third-order valence-electron chi connectivity index (χ3n) is 5.09. The van der Waals surface area contributed by atoms with Crippen LogP contribution in [0.15, 0.2) is 6.20 Å². The molecular weight excluding hydrogens is 251 g/mol. The zero-order valence-corrected chi connectivity index (χ0v) is 13.5. The lowest BCUT2D eigenvalue weighted by Gasteiger charge is -2.47. The highest BCUT2D eigenvalue weighted by Gasteiger charge is 2.48. The fourth-order valence-electron chi connectivity index (χ4n) is 2.94. The maximum absolute atomic E-state index is 6.25. The molecule has 0 aromatic carbocycles. The zero-order valence-electron chi connectivity index (χ0n) is 13.5. The molecule has 1 saturated heterocycles. The number of hydrogen-bond acceptors (Lipinski definition) is 3. The van der Waals surface area contributed by atoms with Gasteiger partial charge in [0, 0.05) is 35.9 Å². The second kappa shape index (κ2) is 4.11. The van der Waals surface area contributed by atoms with Crippen LogP contribution in [0.2, 0.25) is 0 Å². The molecule has 0 unspecified atom stereocenters. The van der Waals surface area contributed by atoms with E-state index in [0.29, 0.717) is 6.61 Å². The first-order valence-electron chi connectivity index (χ1n) is 7.45. The lowest BCUT2D eigenvalue weighted by molar-refractivity contribution is -0.0937. The molecule has 1 aromatic rings. The van der Waals surface area contributed by atoms with Crippen molar-refractivity contribution >= 4 is 12.6 Å². The van der Waals surface area contributed by atoms with Gasteiger partial charge in [0.25, 0.3) is 0 Å². The van der Waals surface area contributed by atoms with Crippen LogP contribution in [0.4, 0.5) is 0 Å². The molecule has 0 spiro atoms. The first-order chi connectivity index (χ1) is 9.11. The van der Waals surface area contributed by atoms with Gasteiger partial charge in [-0.15, -0.1) is 0 Å². The first-order valence-corrected chi connectivity index (χ1v) is 7.45. The van der Waals surface area contributed by atoms with E-state index in [2.05, 4.69) is 51.3 Å². The minimum absolute atomic E-state index is 0.0130. The Kier molecular flexibility index (Phi) is 2.90. The summed E-state index contributed by atoms with van der Waals surface area (Å²) in [5.41, 5.74) is 2.47. The Balaban J connectivity index is 1.87. The summed E-state index contributed by atoms with van der Waals surface area (Å²) in [7, 11) is -0.282. The summed E-state index contributed by atoms with van der Waals surface area (Å²) in [6.45, 7) is 14.9. The van der Waals surface area contributed by atoms with Gasteiger partial charge in [-0.25, -0.2) is 0 Å². The van der Waals surface area contributed by atoms with Crippen molar-refractivity contribution in [2.24, 2.45) is 10.8 Å². The van der Waals surface area contributed by atoms with Crippen LogP contribution in [0.3, 0.4) is 0 Å². The van der Waals surface area contributed by atoms with E-state index in [1.807, 2.05) is 6.20 Å². The van der Waals surface area contributed by atoms with Crippen molar-refractivity contribution in [3.8, 4) is 0 Å². The monoisotopic (exact) mass is 276 g/mol. The molecule has 0 amide bonds. The van der Waals surface area contributed by atoms with Crippen LogP contribution in [0.25, 0.3) is 0 Å². The van der Waals surface area contributed by atoms with Gasteiger partial charge in [0.05, 0.1) is 5.60 Å². The largest absolute Gasteiger partial charge is 0.497 e. The highest BCUT2D eigenvalue weighted by molar-refractivity contribution is 6.62. The van der Waals surface area contributed by atoms with Crippen molar-refractivity contribution in [2.45, 2.75) is 60.1 Å².